The van der Waals surface area contributed by atoms with E-state index in [9.17, 15) is 4.79 Å². The molecule has 0 radical (unpaired) electrons. The van der Waals surface area contributed by atoms with Gasteiger partial charge in [-0.05, 0) is 35.9 Å². The van der Waals surface area contributed by atoms with Crippen LogP contribution in [0.15, 0.2) is 66.7 Å². The van der Waals surface area contributed by atoms with E-state index in [1.807, 2.05) is 43.3 Å². The van der Waals surface area contributed by atoms with Crippen LogP contribution in [0.1, 0.15) is 17.3 Å². The second kappa shape index (κ2) is 9.63. The van der Waals surface area contributed by atoms with Crippen molar-refractivity contribution >= 4 is 22.4 Å². The quantitative estimate of drug-likeness (QED) is 0.652. The van der Waals surface area contributed by atoms with Crippen molar-refractivity contribution in [1.29, 1.82) is 0 Å². The zero-order valence-corrected chi connectivity index (χ0v) is 17.5. The standard InChI is InChI=1S/C25H29N3O2/c1-2-30-23-13-12-20-8-6-7-11-22(20)24(23)25(29)26-14-15-27-16-18-28(19-17-27)21-9-4-3-5-10-21/h3-13H,2,14-19H2,1H3,(H,26,29). The number of nitrogens with one attached hydrogen (secondary N) is 1. The maximum atomic E-state index is 13.0. The lowest BCUT2D eigenvalue weighted by molar-refractivity contribution is 0.0946. The van der Waals surface area contributed by atoms with Crippen molar-refractivity contribution in [2.75, 3.05) is 50.8 Å². The average Bonchev–Trinajstić information content (AvgIpc) is 2.80. The number of fused-ring (bicyclic) bond motifs is 1. The van der Waals surface area contributed by atoms with E-state index in [0.717, 1.165) is 43.5 Å². The Bertz CT molecular complexity index is 982. The van der Waals surface area contributed by atoms with E-state index >= 15 is 0 Å². The van der Waals surface area contributed by atoms with Gasteiger partial charge in [0.15, 0.2) is 0 Å². The molecule has 3 aromatic rings. The minimum Gasteiger partial charge on any atom is -0.493 e. The Balaban J connectivity index is 1.34. The summed E-state index contributed by atoms with van der Waals surface area (Å²) in [7, 11) is 0. The van der Waals surface area contributed by atoms with Crippen LogP contribution in [-0.4, -0.2) is 56.7 Å². The van der Waals surface area contributed by atoms with Crippen molar-refractivity contribution in [3.05, 3.63) is 72.3 Å². The van der Waals surface area contributed by atoms with Gasteiger partial charge in [0.1, 0.15) is 5.75 Å². The highest BCUT2D eigenvalue weighted by Crippen LogP contribution is 2.28. The Morgan fingerprint density at radius 2 is 1.67 bits per heavy atom. The summed E-state index contributed by atoms with van der Waals surface area (Å²) >= 11 is 0. The molecule has 1 fully saturated rings. The molecule has 0 saturated carbocycles. The molecule has 0 aromatic heterocycles. The third-order valence-electron chi connectivity index (χ3n) is 5.62. The molecule has 1 saturated heterocycles. The SMILES string of the molecule is CCOc1ccc2ccccc2c1C(=O)NCCN1CCN(c2ccccc2)CC1. The minimum atomic E-state index is -0.0711. The van der Waals surface area contributed by atoms with Crippen LogP contribution in [0.2, 0.25) is 0 Å². The van der Waals surface area contributed by atoms with Gasteiger partial charge in [-0.1, -0.05) is 48.5 Å². The van der Waals surface area contributed by atoms with Crippen molar-refractivity contribution in [2.45, 2.75) is 6.92 Å². The number of hydrogen-bond donors (Lipinski definition) is 1. The second-order valence-corrected chi connectivity index (χ2v) is 7.51. The fourth-order valence-electron chi connectivity index (χ4n) is 4.05. The van der Waals surface area contributed by atoms with Crippen LogP contribution in [0.4, 0.5) is 5.69 Å². The van der Waals surface area contributed by atoms with E-state index in [4.69, 9.17) is 4.74 Å². The molecule has 1 aliphatic heterocycles. The lowest BCUT2D eigenvalue weighted by atomic mass is 10.0. The van der Waals surface area contributed by atoms with E-state index in [1.165, 1.54) is 5.69 Å². The monoisotopic (exact) mass is 403 g/mol. The van der Waals surface area contributed by atoms with Gasteiger partial charge in [-0.3, -0.25) is 9.69 Å². The number of nitrogens with zero attached hydrogens (tertiary/aromatic N) is 2. The van der Waals surface area contributed by atoms with Gasteiger partial charge >= 0.3 is 0 Å². The highest BCUT2D eigenvalue weighted by atomic mass is 16.5. The molecular formula is C25H29N3O2. The number of piperazine rings is 1. The fraction of sp³-hybridized carbons (Fsp3) is 0.320. The Kier molecular flexibility index (Phi) is 6.50. The van der Waals surface area contributed by atoms with Gasteiger partial charge in [-0.2, -0.15) is 0 Å². The van der Waals surface area contributed by atoms with Crippen molar-refractivity contribution in [2.24, 2.45) is 0 Å². The van der Waals surface area contributed by atoms with Gasteiger partial charge in [0, 0.05) is 45.0 Å². The first-order chi connectivity index (χ1) is 14.8. The van der Waals surface area contributed by atoms with Crippen LogP contribution in [-0.2, 0) is 0 Å². The third kappa shape index (κ3) is 4.57. The molecule has 156 valence electrons. The molecule has 1 N–H and O–H groups in total. The van der Waals surface area contributed by atoms with E-state index in [0.29, 0.717) is 24.5 Å². The molecule has 3 aromatic carbocycles. The number of carbonyl (C=O) groups excluding carboxylic acids is 1. The molecule has 0 aliphatic carbocycles. The number of amides is 1. The Morgan fingerprint density at radius 3 is 2.43 bits per heavy atom. The van der Waals surface area contributed by atoms with Crippen molar-refractivity contribution in [3.8, 4) is 5.75 Å². The van der Waals surface area contributed by atoms with Crippen LogP contribution in [0, 0.1) is 0 Å². The van der Waals surface area contributed by atoms with Gasteiger partial charge < -0.3 is 15.0 Å². The fourth-order valence-corrected chi connectivity index (χ4v) is 4.05. The summed E-state index contributed by atoms with van der Waals surface area (Å²) in [5.41, 5.74) is 1.91. The first-order valence-electron chi connectivity index (χ1n) is 10.7. The maximum Gasteiger partial charge on any atom is 0.255 e. The molecule has 1 amide bonds. The Labute approximate surface area is 178 Å². The lowest BCUT2D eigenvalue weighted by Gasteiger charge is -2.36. The van der Waals surface area contributed by atoms with Gasteiger partial charge in [-0.15, -0.1) is 0 Å². The molecule has 30 heavy (non-hydrogen) atoms. The van der Waals surface area contributed by atoms with Crippen molar-refractivity contribution in [3.63, 3.8) is 0 Å². The average molecular weight is 404 g/mol. The van der Waals surface area contributed by atoms with Crippen LogP contribution >= 0.6 is 0 Å². The van der Waals surface area contributed by atoms with Gasteiger partial charge in [0.25, 0.3) is 5.91 Å². The zero-order valence-electron chi connectivity index (χ0n) is 17.5. The summed E-state index contributed by atoms with van der Waals surface area (Å²) in [6.07, 6.45) is 0. The summed E-state index contributed by atoms with van der Waals surface area (Å²) in [6, 6.07) is 22.4. The summed E-state index contributed by atoms with van der Waals surface area (Å²) in [6.45, 7) is 7.97. The van der Waals surface area contributed by atoms with E-state index in [1.54, 1.807) is 0 Å². The number of carbonyl (C=O) groups is 1. The number of hydrogen-bond acceptors (Lipinski definition) is 4. The second-order valence-electron chi connectivity index (χ2n) is 7.51. The van der Waals surface area contributed by atoms with Crippen LogP contribution in [0.5, 0.6) is 5.75 Å². The Morgan fingerprint density at radius 1 is 0.933 bits per heavy atom. The molecule has 4 rings (SSSR count). The molecule has 0 unspecified atom stereocenters. The number of rotatable bonds is 7. The van der Waals surface area contributed by atoms with E-state index in [2.05, 4.69) is 45.4 Å². The molecule has 0 spiro atoms. The van der Waals surface area contributed by atoms with Gasteiger partial charge in [0.05, 0.1) is 12.2 Å². The normalized spacial score (nSPS) is 14.6. The summed E-state index contributed by atoms with van der Waals surface area (Å²) in [5, 5.41) is 5.08. The van der Waals surface area contributed by atoms with Crippen molar-refractivity contribution < 1.29 is 9.53 Å². The first kappa shape index (κ1) is 20.2. The topological polar surface area (TPSA) is 44.8 Å². The molecular weight excluding hydrogens is 374 g/mol. The summed E-state index contributed by atoms with van der Waals surface area (Å²) < 4.78 is 5.74. The number of ether oxygens (including phenoxy) is 1. The van der Waals surface area contributed by atoms with Crippen LogP contribution < -0.4 is 15.0 Å². The molecule has 1 aliphatic rings. The molecule has 1 heterocycles. The van der Waals surface area contributed by atoms with Crippen LogP contribution in [0.25, 0.3) is 10.8 Å². The van der Waals surface area contributed by atoms with Gasteiger partial charge in [0.2, 0.25) is 0 Å². The predicted octanol–water partition coefficient (Wildman–Crippen LogP) is 3.79. The number of para-hydroxylation sites is 1. The summed E-state index contributed by atoms with van der Waals surface area (Å²) in [5.74, 6) is 0.573. The van der Waals surface area contributed by atoms with Crippen molar-refractivity contribution in [1.82, 2.24) is 10.2 Å². The number of benzene rings is 3. The highest BCUT2D eigenvalue weighted by molar-refractivity contribution is 6.09. The smallest absolute Gasteiger partial charge is 0.255 e. The number of anilines is 1. The maximum absolute atomic E-state index is 13.0. The van der Waals surface area contributed by atoms with Crippen LogP contribution in [0.3, 0.4) is 0 Å². The predicted molar refractivity (Wildman–Crippen MR) is 123 cm³/mol. The third-order valence-corrected chi connectivity index (χ3v) is 5.62. The van der Waals surface area contributed by atoms with E-state index in [-0.39, 0.29) is 5.91 Å². The highest BCUT2D eigenvalue weighted by Gasteiger charge is 2.19. The molecule has 0 atom stereocenters. The Hall–Kier alpha value is -3.05. The zero-order chi connectivity index (χ0) is 20.8. The molecule has 0 bridgehead atoms. The largest absolute Gasteiger partial charge is 0.493 e. The first-order valence-corrected chi connectivity index (χ1v) is 10.7. The molecule has 5 heteroatoms. The lowest BCUT2D eigenvalue weighted by Crippen LogP contribution is -2.48. The minimum absolute atomic E-state index is 0.0711. The van der Waals surface area contributed by atoms with E-state index < -0.39 is 0 Å². The molecule has 5 nitrogen and oxygen atoms in total. The van der Waals surface area contributed by atoms with Gasteiger partial charge in [-0.25, -0.2) is 0 Å². The summed E-state index contributed by atoms with van der Waals surface area (Å²) in [4.78, 5) is 17.8.